The molecule has 1 aliphatic rings. The summed E-state index contributed by atoms with van der Waals surface area (Å²) in [6.07, 6.45) is 4.12. The molecule has 0 saturated carbocycles. The van der Waals surface area contributed by atoms with Gasteiger partial charge in [-0.05, 0) is 30.4 Å². The van der Waals surface area contributed by atoms with Crippen LogP contribution in [0.4, 0.5) is 0 Å². The summed E-state index contributed by atoms with van der Waals surface area (Å²) in [6, 6.07) is 8.05. The number of benzene rings is 1. The quantitative estimate of drug-likeness (QED) is 0.941. The van der Waals surface area contributed by atoms with E-state index in [1.165, 1.54) is 0 Å². The van der Waals surface area contributed by atoms with Gasteiger partial charge in [0.2, 0.25) is 0 Å². The summed E-state index contributed by atoms with van der Waals surface area (Å²) >= 11 is 0. The van der Waals surface area contributed by atoms with E-state index in [4.69, 9.17) is 0 Å². The molecule has 1 N–H and O–H groups in total. The van der Waals surface area contributed by atoms with Gasteiger partial charge in [0.05, 0.1) is 6.42 Å². The van der Waals surface area contributed by atoms with Gasteiger partial charge >= 0.3 is 5.97 Å². The number of hydrogen-bond acceptors (Lipinski definition) is 2. The summed E-state index contributed by atoms with van der Waals surface area (Å²) in [6.45, 7) is 5.22. The van der Waals surface area contributed by atoms with Crippen LogP contribution in [0.15, 0.2) is 30.5 Å². The number of imidazole rings is 1. The number of aliphatic carboxylic acids is 1. The summed E-state index contributed by atoms with van der Waals surface area (Å²) in [5.41, 5.74) is 3.26. The number of nitrogens with zero attached hydrogens (tertiary/aromatic N) is 2. The van der Waals surface area contributed by atoms with Crippen molar-refractivity contribution in [1.29, 1.82) is 0 Å². The largest absolute Gasteiger partial charge is 0.481 e. The van der Waals surface area contributed by atoms with Gasteiger partial charge in [0, 0.05) is 30.8 Å². The topological polar surface area (TPSA) is 55.1 Å². The SMILES string of the molecule is Cc1ccccc1C(CC(=O)O)c1cnc2n1CC(C)CC2. The number of carboxylic acids is 1. The number of fused-ring (bicyclic) bond motifs is 1. The van der Waals surface area contributed by atoms with Gasteiger partial charge in [-0.2, -0.15) is 0 Å². The van der Waals surface area contributed by atoms with Crippen molar-refractivity contribution in [1.82, 2.24) is 9.55 Å². The highest BCUT2D eigenvalue weighted by Crippen LogP contribution is 2.33. The van der Waals surface area contributed by atoms with Crippen LogP contribution in [0, 0.1) is 12.8 Å². The lowest BCUT2D eigenvalue weighted by Crippen LogP contribution is -2.22. The summed E-state index contributed by atoms with van der Waals surface area (Å²) < 4.78 is 2.24. The predicted molar refractivity (Wildman–Crippen MR) is 85.0 cm³/mol. The third-order valence-electron chi connectivity index (χ3n) is 4.62. The zero-order chi connectivity index (χ0) is 15.7. The molecule has 1 aromatic heterocycles. The molecule has 0 bridgehead atoms. The molecule has 1 aromatic carbocycles. The van der Waals surface area contributed by atoms with E-state index in [1.54, 1.807) is 0 Å². The fourth-order valence-corrected chi connectivity index (χ4v) is 3.42. The first kappa shape index (κ1) is 14.8. The molecule has 2 unspecified atom stereocenters. The van der Waals surface area contributed by atoms with E-state index in [-0.39, 0.29) is 12.3 Å². The molecule has 3 rings (SSSR count). The lowest BCUT2D eigenvalue weighted by Gasteiger charge is -2.26. The van der Waals surface area contributed by atoms with Crippen molar-refractivity contribution in [3.63, 3.8) is 0 Å². The summed E-state index contributed by atoms with van der Waals surface area (Å²) in [7, 11) is 0. The highest BCUT2D eigenvalue weighted by atomic mass is 16.4. The molecule has 0 fully saturated rings. The highest BCUT2D eigenvalue weighted by molar-refractivity contribution is 5.69. The molecule has 4 heteroatoms. The average Bonchev–Trinajstić information content (AvgIpc) is 2.88. The van der Waals surface area contributed by atoms with Crippen LogP contribution >= 0.6 is 0 Å². The molecule has 0 aliphatic carbocycles. The predicted octanol–water partition coefficient (Wildman–Crippen LogP) is 3.38. The zero-order valence-electron chi connectivity index (χ0n) is 13.1. The molecule has 116 valence electrons. The van der Waals surface area contributed by atoms with Crippen molar-refractivity contribution >= 4 is 5.97 Å². The van der Waals surface area contributed by atoms with Crippen molar-refractivity contribution in [2.45, 2.75) is 45.6 Å². The molecule has 2 aromatic rings. The Balaban J connectivity index is 2.06. The van der Waals surface area contributed by atoms with Crippen LogP contribution < -0.4 is 0 Å². The van der Waals surface area contributed by atoms with Crippen LogP contribution in [0.5, 0.6) is 0 Å². The molecule has 0 radical (unpaired) electrons. The van der Waals surface area contributed by atoms with E-state index in [9.17, 15) is 9.90 Å². The molecular formula is C18H22N2O2. The molecule has 2 heterocycles. The van der Waals surface area contributed by atoms with Crippen LogP contribution in [0.2, 0.25) is 0 Å². The minimum absolute atomic E-state index is 0.102. The normalized spacial score (nSPS) is 18.7. The standard InChI is InChI=1S/C18H22N2O2/c1-12-7-8-17-19-10-16(20(17)11-12)15(9-18(21)22)14-6-4-3-5-13(14)2/h3-6,10,12,15H,7-9,11H2,1-2H3,(H,21,22). The lowest BCUT2D eigenvalue weighted by molar-refractivity contribution is -0.137. The number of carbonyl (C=O) groups is 1. The fraction of sp³-hybridized carbons (Fsp3) is 0.444. The Morgan fingerprint density at radius 3 is 2.95 bits per heavy atom. The minimum atomic E-state index is -0.771. The summed E-state index contributed by atoms with van der Waals surface area (Å²) in [5, 5.41) is 9.36. The van der Waals surface area contributed by atoms with Crippen molar-refractivity contribution in [3.8, 4) is 0 Å². The third kappa shape index (κ3) is 2.78. The molecule has 2 atom stereocenters. The van der Waals surface area contributed by atoms with Crippen LogP contribution in [0.1, 0.15) is 48.3 Å². The second-order valence-electron chi connectivity index (χ2n) is 6.36. The van der Waals surface area contributed by atoms with Crippen LogP contribution in [0.3, 0.4) is 0 Å². The first-order chi connectivity index (χ1) is 10.6. The lowest BCUT2D eigenvalue weighted by atomic mass is 9.89. The number of aryl methyl sites for hydroxylation is 2. The first-order valence-corrected chi connectivity index (χ1v) is 7.88. The molecular weight excluding hydrogens is 276 g/mol. The Morgan fingerprint density at radius 2 is 2.23 bits per heavy atom. The van der Waals surface area contributed by atoms with Gasteiger partial charge in [-0.25, -0.2) is 4.98 Å². The van der Waals surface area contributed by atoms with Crippen molar-refractivity contribution in [3.05, 3.63) is 53.1 Å². The van der Waals surface area contributed by atoms with E-state index in [0.717, 1.165) is 42.0 Å². The molecule has 0 amide bonds. The Labute approximate surface area is 130 Å². The smallest absolute Gasteiger partial charge is 0.304 e. The van der Waals surface area contributed by atoms with Crippen molar-refractivity contribution in [2.75, 3.05) is 0 Å². The summed E-state index contributed by atoms with van der Waals surface area (Å²) in [4.78, 5) is 15.9. The Morgan fingerprint density at radius 1 is 1.45 bits per heavy atom. The highest BCUT2D eigenvalue weighted by Gasteiger charge is 2.27. The van der Waals surface area contributed by atoms with E-state index in [1.807, 2.05) is 37.4 Å². The van der Waals surface area contributed by atoms with Crippen LogP contribution in [-0.4, -0.2) is 20.6 Å². The van der Waals surface area contributed by atoms with E-state index in [2.05, 4.69) is 16.5 Å². The van der Waals surface area contributed by atoms with Crippen LogP contribution in [0.25, 0.3) is 0 Å². The van der Waals surface area contributed by atoms with Gasteiger partial charge in [0.1, 0.15) is 5.82 Å². The van der Waals surface area contributed by atoms with E-state index < -0.39 is 5.97 Å². The van der Waals surface area contributed by atoms with Gasteiger partial charge in [0.25, 0.3) is 0 Å². The van der Waals surface area contributed by atoms with Gasteiger partial charge in [0.15, 0.2) is 0 Å². The van der Waals surface area contributed by atoms with Crippen molar-refractivity contribution < 1.29 is 9.90 Å². The molecule has 0 saturated heterocycles. The van der Waals surface area contributed by atoms with Crippen molar-refractivity contribution in [2.24, 2.45) is 5.92 Å². The maximum Gasteiger partial charge on any atom is 0.304 e. The molecule has 0 spiro atoms. The number of carboxylic acid groups (broad SMARTS) is 1. The van der Waals surface area contributed by atoms with E-state index >= 15 is 0 Å². The Hall–Kier alpha value is -2.10. The number of rotatable bonds is 4. The number of aromatic nitrogens is 2. The van der Waals surface area contributed by atoms with Gasteiger partial charge in [-0.15, -0.1) is 0 Å². The Bertz CT molecular complexity index is 690. The zero-order valence-corrected chi connectivity index (χ0v) is 13.1. The van der Waals surface area contributed by atoms with E-state index in [0.29, 0.717) is 5.92 Å². The summed E-state index contributed by atoms with van der Waals surface area (Å²) in [5.74, 6) is 0.804. The number of hydrogen-bond donors (Lipinski definition) is 1. The van der Waals surface area contributed by atoms with Crippen LogP contribution in [-0.2, 0) is 17.8 Å². The first-order valence-electron chi connectivity index (χ1n) is 7.88. The second kappa shape index (κ2) is 5.95. The molecule has 4 nitrogen and oxygen atoms in total. The average molecular weight is 298 g/mol. The van der Waals surface area contributed by atoms with Gasteiger partial charge in [-0.3, -0.25) is 4.79 Å². The maximum absolute atomic E-state index is 11.4. The molecule has 1 aliphatic heterocycles. The molecule has 22 heavy (non-hydrogen) atoms. The Kier molecular flexibility index (Phi) is 4.01. The second-order valence-corrected chi connectivity index (χ2v) is 6.36. The van der Waals surface area contributed by atoms with Gasteiger partial charge in [-0.1, -0.05) is 31.2 Å². The monoisotopic (exact) mass is 298 g/mol. The fourth-order valence-electron chi connectivity index (χ4n) is 3.42. The third-order valence-corrected chi connectivity index (χ3v) is 4.62. The maximum atomic E-state index is 11.4. The van der Waals surface area contributed by atoms with Gasteiger partial charge < -0.3 is 9.67 Å². The minimum Gasteiger partial charge on any atom is -0.481 e.